The van der Waals surface area contributed by atoms with Gasteiger partial charge >= 0.3 is 0 Å². The van der Waals surface area contributed by atoms with Gasteiger partial charge in [0.15, 0.2) is 5.82 Å². The summed E-state index contributed by atoms with van der Waals surface area (Å²) < 4.78 is 0.604. The van der Waals surface area contributed by atoms with Crippen molar-refractivity contribution in [3.63, 3.8) is 0 Å². The zero-order valence-electron chi connectivity index (χ0n) is 10.2. The Morgan fingerprint density at radius 2 is 1.84 bits per heavy atom. The smallest absolute Gasteiger partial charge is 0.248 e. The normalized spacial score (nSPS) is 18.1. The summed E-state index contributed by atoms with van der Waals surface area (Å²) in [5.74, 6) is 0.519. The molecule has 1 aromatic heterocycles. The quantitative estimate of drug-likeness (QED) is 0.811. The summed E-state index contributed by atoms with van der Waals surface area (Å²) in [5, 5.41) is 3.35. The molecule has 0 atom stereocenters. The van der Waals surface area contributed by atoms with Crippen LogP contribution in [0.15, 0.2) is 24.3 Å². The maximum Gasteiger partial charge on any atom is 0.248 e. The fraction of sp³-hybridized carbons (Fsp3) is 0.462. The first-order valence-electron chi connectivity index (χ1n) is 6.32. The molecule has 6 heteroatoms. The highest BCUT2D eigenvalue weighted by Gasteiger charge is 2.33. The second kappa shape index (κ2) is 5.13. The van der Waals surface area contributed by atoms with Crippen LogP contribution in [0.4, 0.5) is 0 Å². The molecule has 2 aromatic rings. The molecule has 0 aliphatic carbocycles. The Morgan fingerprint density at radius 3 is 2.53 bits per heavy atom. The molecule has 0 saturated carbocycles. The van der Waals surface area contributed by atoms with Crippen LogP contribution in [0.1, 0.15) is 24.7 Å². The maximum atomic E-state index is 6.09. The summed E-state index contributed by atoms with van der Waals surface area (Å²) in [6.07, 6.45) is 2.04. The number of alkyl halides is 3. The van der Waals surface area contributed by atoms with Gasteiger partial charge in [-0.05, 0) is 38.1 Å². The van der Waals surface area contributed by atoms with Crippen molar-refractivity contribution in [2.24, 2.45) is 0 Å². The fourth-order valence-corrected chi connectivity index (χ4v) is 3.08. The monoisotopic (exact) mass is 317 g/mol. The van der Waals surface area contributed by atoms with E-state index >= 15 is 0 Å². The second-order valence-electron chi connectivity index (χ2n) is 4.77. The summed E-state index contributed by atoms with van der Waals surface area (Å²) in [6, 6.07) is 8.25. The number of nitrogens with zero attached hydrogens (tertiary/aromatic N) is 2. The van der Waals surface area contributed by atoms with Gasteiger partial charge in [-0.3, -0.25) is 0 Å². The summed E-state index contributed by atoms with van der Waals surface area (Å²) in [5.41, 5.74) is 1.91. The molecule has 0 radical (unpaired) electrons. The van der Waals surface area contributed by atoms with Gasteiger partial charge < -0.3 is 9.88 Å². The SMILES string of the molecule is ClC(Cl)(Cl)c1nc2ccccc2n1C1CCNCC1. The average molecular weight is 319 g/mol. The van der Waals surface area contributed by atoms with Crippen LogP contribution < -0.4 is 5.32 Å². The Balaban J connectivity index is 2.18. The van der Waals surface area contributed by atoms with Crippen LogP contribution in [0.2, 0.25) is 0 Å². The molecule has 1 aliphatic rings. The van der Waals surface area contributed by atoms with E-state index in [0.29, 0.717) is 11.9 Å². The van der Waals surface area contributed by atoms with Crippen molar-refractivity contribution >= 4 is 45.8 Å². The highest BCUT2D eigenvalue weighted by Crippen LogP contribution is 2.41. The number of fused-ring (bicyclic) bond motifs is 1. The predicted molar refractivity (Wildman–Crippen MR) is 80.1 cm³/mol. The molecule has 0 unspecified atom stereocenters. The van der Waals surface area contributed by atoms with Crippen LogP contribution in [0, 0.1) is 0 Å². The van der Waals surface area contributed by atoms with Gasteiger partial charge in [0, 0.05) is 6.04 Å². The standard InChI is InChI=1S/C13H14Cl3N3/c14-13(15,16)12-18-10-3-1-2-4-11(10)19(12)9-5-7-17-8-6-9/h1-4,9,17H,5-8H2. The van der Waals surface area contributed by atoms with E-state index in [9.17, 15) is 0 Å². The van der Waals surface area contributed by atoms with E-state index in [-0.39, 0.29) is 0 Å². The predicted octanol–water partition coefficient (Wildman–Crippen LogP) is 3.79. The van der Waals surface area contributed by atoms with Crippen LogP contribution in [-0.2, 0) is 3.79 Å². The molecule has 1 aromatic carbocycles. The van der Waals surface area contributed by atoms with E-state index in [1.165, 1.54) is 0 Å². The minimum Gasteiger partial charge on any atom is -0.321 e. The molecular formula is C13H14Cl3N3. The number of halogens is 3. The molecule has 1 aliphatic heterocycles. The van der Waals surface area contributed by atoms with Gasteiger partial charge in [-0.2, -0.15) is 0 Å². The van der Waals surface area contributed by atoms with Crippen molar-refractivity contribution in [1.29, 1.82) is 0 Å². The Labute approximate surface area is 126 Å². The zero-order chi connectivity index (χ0) is 13.5. The fourth-order valence-electron chi connectivity index (χ4n) is 2.68. The minimum atomic E-state index is -1.50. The Morgan fingerprint density at radius 1 is 1.16 bits per heavy atom. The third-order valence-electron chi connectivity index (χ3n) is 3.52. The number of benzene rings is 1. The molecule has 19 heavy (non-hydrogen) atoms. The molecule has 102 valence electrons. The maximum absolute atomic E-state index is 6.09. The molecule has 0 amide bonds. The Kier molecular flexibility index (Phi) is 3.65. The molecule has 1 N–H and O–H groups in total. The zero-order valence-corrected chi connectivity index (χ0v) is 12.5. The van der Waals surface area contributed by atoms with E-state index in [2.05, 4.69) is 14.9 Å². The van der Waals surface area contributed by atoms with Crippen molar-refractivity contribution in [3.05, 3.63) is 30.1 Å². The third kappa shape index (κ3) is 2.57. The second-order valence-corrected chi connectivity index (χ2v) is 7.05. The van der Waals surface area contributed by atoms with E-state index in [1.807, 2.05) is 24.3 Å². The first-order chi connectivity index (χ1) is 9.07. The van der Waals surface area contributed by atoms with E-state index < -0.39 is 3.79 Å². The number of hydrogen-bond donors (Lipinski definition) is 1. The lowest BCUT2D eigenvalue weighted by Crippen LogP contribution is -2.31. The van der Waals surface area contributed by atoms with Crippen LogP contribution in [0.3, 0.4) is 0 Å². The van der Waals surface area contributed by atoms with Crippen LogP contribution >= 0.6 is 34.8 Å². The number of para-hydroxylation sites is 2. The van der Waals surface area contributed by atoms with Crippen LogP contribution in [0.5, 0.6) is 0 Å². The van der Waals surface area contributed by atoms with Gasteiger partial charge in [-0.15, -0.1) is 0 Å². The number of imidazole rings is 1. The van der Waals surface area contributed by atoms with E-state index in [0.717, 1.165) is 37.0 Å². The number of rotatable bonds is 1. The van der Waals surface area contributed by atoms with Gasteiger partial charge in [-0.25, -0.2) is 4.98 Å². The van der Waals surface area contributed by atoms with E-state index in [1.54, 1.807) is 0 Å². The molecule has 2 heterocycles. The summed E-state index contributed by atoms with van der Waals surface area (Å²) in [6.45, 7) is 1.97. The highest BCUT2D eigenvalue weighted by atomic mass is 35.6. The van der Waals surface area contributed by atoms with Gasteiger partial charge in [0.25, 0.3) is 0 Å². The topological polar surface area (TPSA) is 29.9 Å². The van der Waals surface area contributed by atoms with Crippen molar-refractivity contribution in [3.8, 4) is 0 Å². The molecule has 0 bridgehead atoms. The number of piperidine rings is 1. The Bertz CT molecular complexity index is 582. The lowest BCUT2D eigenvalue weighted by Gasteiger charge is -2.27. The first-order valence-corrected chi connectivity index (χ1v) is 7.45. The molecule has 1 saturated heterocycles. The van der Waals surface area contributed by atoms with Gasteiger partial charge in [-0.1, -0.05) is 46.9 Å². The van der Waals surface area contributed by atoms with Gasteiger partial charge in [0.1, 0.15) is 0 Å². The summed E-state index contributed by atoms with van der Waals surface area (Å²) in [4.78, 5) is 4.51. The number of nitrogens with one attached hydrogen (secondary N) is 1. The summed E-state index contributed by atoms with van der Waals surface area (Å²) >= 11 is 18.3. The Hall–Kier alpha value is -0.480. The molecule has 1 fully saturated rings. The van der Waals surface area contributed by atoms with Gasteiger partial charge in [0.2, 0.25) is 3.79 Å². The molecule has 3 nitrogen and oxygen atoms in total. The lowest BCUT2D eigenvalue weighted by atomic mass is 10.1. The molecule has 0 spiro atoms. The number of hydrogen-bond acceptors (Lipinski definition) is 2. The largest absolute Gasteiger partial charge is 0.321 e. The van der Waals surface area contributed by atoms with Crippen molar-refractivity contribution in [2.45, 2.75) is 22.7 Å². The number of aromatic nitrogens is 2. The van der Waals surface area contributed by atoms with Crippen molar-refractivity contribution in [1.82, 2.24) is 14.9 Å². The third-order valence-corrected chi connectivity index (χ3v) is 4.03. The van der Waals surface area contributed by atoms with Gasteiger partial charge in [0.05, 0.1) is 11.0 Å². The van der Waals surface area contributed by atoms with E-state index in [4.69, 9.17) is 34.8 Å². The molecule has 3 rings (SSSR count). The highest BCUT2D eigenvalue weighted by molar-refractivity contribution is 6.66. The molecular weight excluding hydrogens is 305 g/mol. The average Bonchev–Trinajstić information content (AvgIpc) is 2.79. The lowest BCUT2D eigenvalue weighted by molar-refractivity contribution is 0.367. The van der Waals surface area contributed by atoms with Crippen molar-refractivity contribution < 1.29 is 0 Å². The van der Waals surface area contributed by atoms with Crippen LogP contribution in [-0.4, -0.2) is 22.6 Å². The van der Waals surface area contributed by atoms with Crippen LogP contribution in [0.25, 0.3) is 11.0 Å². The minimum absolute atomic E-state index is 0.333. The summed E-state index contributed by atoms with van der Waals surface area (Å²) in [7, 11) is 0. The first kappa shape index (κ1) is 13.5. The van der Waals surface area contributed by atoms with Crippen molar-refractivity contribution in [2.75, 3.05) is 13.1 Å².